The SMILES string of the molecule is C[C@@H](C[CH]C(=O)N1CCCC1)C(N)=O. The lowest BCUT2D eigenvalue weighted by atomic mass is 10.0. The van der Waals surface area contributed by atoms with E-state index in [0.717, 1.165) is 25.9 Å². The number of carbonyl (C=O) groups is 2. The third kappa shape index (κ3) is 3.01. The highest BCUT2D eigenvalue weighted by Crippen LogP contribution is 2.11. The Kier molecular flexibility index (Phi) is 3.92. The standard InChI is InChI=1S/C10H17N2O2/c1-8(10(11)14)4-5-9(13)12-6-2-3-7-12/h5,8H,2-4,6-7H2,1H3,(H2,11,14)/t8-/m0/s1. The minimum absolute atomic E-state index is 0.0376. The first-order valence-electron chi connectivity index (χ1n) is 5.02. The van der Waals surface area contributed by atoms with Crippen LogP contribution in [0.25, 0.3) is 0 Å². The number of carbonyl (C=O) groups excluding carboxylic acids is 2. The van der Waals surface area contributed by atoms with Gasteiger partial charge in [0.2, 0.25) is 11.8 Å². The van der Waals surface area contributed by atoms with E-state index in [-0.39, 0.29) is 17.7 Å². The third-order valence-electron chi connectivity index (χ3n) is 2.55. The Labute approximate surface area is 84.4 Å². The fourth-order valence-electron chi connectivity index (χ4n) is 1.46. The quantitative estimate of drug-likeness (QED) is 0.705. The van der Waals surface area contributed by atoms with Crippen molar-refractivity contribution < 1.29 is 9.59 Å². The first-order valence-corrected chi connectivity index (χ1v) is 5.02. The van der Waals surface area contributed by atoms with Crippen molar-refractivity contribution >= 4 is 11.8 Å². The first kappa shape index (κ1) is 11.0. The zero-order valence-electron chi connectivity index (χ0n) is 8.53. The van der Waals surface area contributed by atoms with Crippen LogP contribution in [0.1, 0.15) is 26.2 Å². The molecule has 1 heterocycles. The number of amides is 2. The van der Waals surface area contributed by atoms with E-state index in [0.29, 0.717) is 6.42 Å². The molecule has 2 amide bonds. The van der Waals surface area contributed by atoms with Gasteiger partial charge < -0.3 is 10.6 Å². The number of likely N-dealkylation sites (tertiary alicyclic amines) is 1. The Balaban J connectivity index is 2.23. The molecule has 0 aromatic carbocycles. The molecule has 0 bridgehead atoms. The molecule has 1 fully saturated rings. The lowest BCUT2D eigenvalue weighted by Gasteiger charge is -2.15. The molecule has 0 spiro atoms. The van der Waals surface area contributed by atoms with Gasteiger partial charge in [-0.15, -0.1) is 0 Å². The van der Waals surface area contributed by atoms with Crippen molar-refractivity contribution in [3.05, 3.63) is 6.42 Å². The maximum absolute atomic E-state index is 11.5. The van der Waals surface area contributed by atoms with E-state index in [2.05, 4.69) is 0 Å². The molecule has 4 heteroatoms. The molecule has 14 heavy (non-hydrogen) atoms. The molecule has 1 saturated heterocycles. The molecule has 2 N–H and O–H groups in total. The number of hydrogen-bond donors (Lipinski definition) is 1. The summed E-state index contributed by atoms with van der Waals surface area (Å²) in [4.78, 5) is 24.0. The lowest BCUT2D eigenvalue weighted by Crippen LogP contribution is -2.29. The molecule has 0 unspecified atom stereocenters. The second kappa shape index (κ2) is 4.98. The summed E-state index contributed by atoms with van der Waals surface area (Å²) in [5, 5.41) is 0. The van der Waals surface area contributed by atoms with Gasteiger partial charge in [-0.2, -0.15) is 0 Å². The van der Waals surface area contributed by atoms with Gasteiger partial charge in [-0.25, -0.2) is 0 Å². The Hall–Kier alpha value is -1.06. The molecule has 0 saturated carbocycles. The third-order valence-corrected chi connectivity index (χ3v) is 2.55. The molecule has 1 radical (unpaired) electrons. The Morgan fingerprint density at radius 3 is 2.50 bits per heavy atom. The maximum atomic E-state index is 11.5. The van der Waals surface area contributed by atoms with Gasteiger partial charge in [-0.1, -0.05) is 6.92 Å². The number of hydrogen-bond acceptors (Lipinski definition) is 2. The molecule has 1 aliphatic heterocycles. The first-order chi connectivity index (χ1) is 6.61. The van der Waals surface area contributed by atoms with E-state index in [9.17, 15) is 9.59 Å². The van der Waals surface area contributed by atoms with Crippen molar-refractivity contribution in [2.75, 3.05) is 13.1 Å². The zero-order valence-corrected chi connectivity index (χ0v) is 8.53. The topological polar surface area (TPSA) is 63.4 Å². The van der Waals surface area contributed by atoms with Crippen LogP contribution in [0.4, 0.5) is 0 Å². The van der Waals surface area contributed by atoms with Crippen molar-refractivity contribution in [3.63, 3.8) is 0 Å². The van der Waals surface area contributed by atoms with Crippen LogP contribution >= 0.6 is 0 Å². The van der Waals surface area contributed by atoms with Crippen LogP contribution in [-0.2, 0) is 9.59 Å². The second-order valence-corrected chi connectivity index (χ2v) is 3.78. The van der Waals surface area contributed by atoms with Crippen molar-refractivity contribution in [2.24, 2.45) is 11.7 Å². The number of rotatable bonds is 4. The fraction of sp³-hybridized carbons (Fsp3) is 0.700. The largest absolute Gasteiger partial charge is 0.369 e. The summed E-state index contributed by atoms with van der Waals surface area (Å²) in [6.45, 7) is 3.43. The highest BCUT2D eigenvalue weighted by atomic mass is 16.2. The van der Waals surface area contributed by atoms with Gasteiger partial charge in [0, 0.05) is 19.0 Å². The fourth-order valence-corrected chi connectivity index (χ4v) is 1.46. The van der Waals surface area contributed by atoms with Gasteiger partial charge in [-0.3, -0.25) is 9.59 Å². The molecule has 0 aliphatic carbocycles. The number of nitrogens with zero attached hydrogens (tertiary/aromatic N) is 1. The molecule has 1 atom stereocenters. The molecule has 79 valence electrons. The van der Waals surface area contributed by atoms with Crippen LogP contribution in [0.15, 0.2) is 0 Å². The predicted octanol–water partition coefficient (Wildman–Crippen LogP) is 0.325. The normalized spacial score (nSPS) is 18.2. The van der Waals surface area contributed by atoms with Gasteiger partial charge in [0.25, 0.3) is 0 Å². The average Bonchev–Trinajstić information content (AvgIpc) is 2.66. The predicted molar refractivity (Wildman–Crippen MR) is 53.1 cm³/mol. The number of nitrogens with two attached hydrogens (primary N) is 1. The van der Waals surface area contributed by atoms with Crippen molar-refractivity contribution in [1.29, 1.82) is 0 Å². The van der Waals surface area contributed by atoms with Gasteiger partial charge in [0.1, 0.15) is 0 Å². The van der Waals surface area contributed by atoms with E-state index in [1.54, 1.807) is 13.3 Å². The summed E-state index contributed by atoms with van der Waals surface area (Å²) >= 11 is 0. The monoisotopic (exact) mass is 197 g/mol. The summed E-state index contributed by atoms with van der Waals surface area (Å²) < 4.78 is 0. The molecule has 1 aliphatic rings. The van der Waals surface area contributed by atoms with Crippen LogP contribution < -0.4 is 5.73 Å². The van der Waals surface area contributed by atoms with Crippen molar-refractivity contribution in [1.82, 2.24) is 4.90 Å². The summed E-state index contributed by atoms with van der Waals surface area (Å²) in [5.41, 5.74) is 5.09. The van der Waals surface area contributed by atoms with Gasteiger partial charge >= 0.3 is 0 Å². The Morgan fingerprint density at radius 1 is 1.43 bits per heavy atom. The van der Waals surface area contributed by atoms with Crippen LogP contribution in [0.2, 0.25) is 0 Å². The van der Waals surface area contributed by atoms with Gasteiger partial charge in [0.15, 0.2) is 0 Å². The molecule has 1 rings (SSSR count). The van der Waals surface area contributed by atoms with E-state index in [1.807, 2.05) is 4.90 Å². The highest BCUT2D eigenvalue weighted by molar-refractivity contribution is 5.86. The lowest BCUT2D eigenvalue weighted by molar-refractivity contribution is -0.127. The van der Waals surface area contributed by atoms with E-state index in [1.165, 1.54) is 0 Å². The van der Waals surface area contributed by atoms with Gasteiger partial charge in [0.05, 0.1) is 6.42 Å². The van der Waals surface area contributed by atoms with Crippen LogP contribution in [-0.4, -0.2) is 29.8 Å². The van der Waals surface area contributed by atoms with Crippen molar-refractivity contribution in [2.45, 2.75) is 26.2 Å². The molecular weight excluding hydrogens is 180 g/mol. The summed E-state index contributed by atoms with van der Waals surface area (Å²) in [5.74, 6) is -0.562. The summed E-state index contributed by atoms with van der Waals surface area (Å²) in [6, 6.07) is 0. The zero-order chi connectivity index (χ0) is 10.6. The minimum atomic E-state index is -0.351. The molecule has 0 aromatic rings. The van der Waals surface area contributed by atoms with Crippen LogP contribution in [0, 0.1) is 12.3 Å². The molecule has 4 nitrogen and oxygen atoms in total. The average molecular weight is 197 g/mol. The maximum Gasteiger partial charge on any atom is 0.226 e. The molecular formula is C10H17N2O2. The second-order valence-electron chi connectivity index (χ2n) is 3.78. The highest BCUT2D eigenvalue weighted by Gasteiger charge is 2.19. The Morgan fingerprint density at radius 2 is 2.00 bits per heavy atom. The Bertz CT molecular complexity index is 222. The molecule has 0 aromatic heterocycles. The van der Waals surface area contributed by atoms with Crippen molar-refractivity contribution in [3.8, 4) is 0 Å². The summed E-state index contributed by atoms with van der Waals surface area (Å²) in [7, 11) is 0. The smallest absolute Gasteiger partial charge is 0.226 e. The van der Waals surface area contributed by atoms with E-state index in [4.69, 9.17) is 5.73 Å². The number of primary amides is 1. The van der Waals surface area contributed by atoms with Crippen LogP contribution in [0.5, 0.6) is 0 Å². The van der Waals surface area contributed by atoms with E-state index < -0.39 is 0 Å². The minimum Gasteiger partial charge on any atom is -0.369 e. The summed E-state index contributed by atoms with van der Waals surface area (Å²) in [6.07, 6.45) is 4.20. The van der Waals surface area contributed by atoms with Crippen LogP contribution in [0.3, 0.4) is 0 Å². The van der Waals surface area contributed by atoms with Gasteiger partial charge in [-0.05, 0) is 19.3 Å². The van der Waals surface area contributed by atoms with E-state index >= 15 is 0 Å².